The van der Waals surface area contributed by atoms with Gasteiger partial charge in [0.1, 0.15) is 4.90 Å². The summed E-state index contributed by atoms with van der Waals surface area (Å²) in [4.78, 5) is 23.4. The number of benzene rings is 1. The highest BCUT2D eigenvalue weighted by molar-refractivity contribution is 7.90. The number of hydrogen-bond donors (Lipinski definition) is 0. The Hall–Kier alpha value is -2.00. The van der Waals surface area contributed by atoms with Crippen LogP contribution in [0.3, 0.4) is 0 Å². The Kier molecular flexibility index (Phi) is 6.01. The van der Waals surface area contributed by atoms with Gasteiger partial charge in [0.15, 0.2) is 9.84 Å². The Morgan fingerprint density at radius 3 is 2.55 bits per heavy atom. The number of nitro benzene ring substituents is 1. The van der Waals surface area contributed by atoms with Gasteiger partial charge < -0.3 is 9.64 Å². The molecular formula is C13H18N2O6S. The predicted molar refractivity (Wildman–Crippen MR) is 79.7 cm³/mol. The molecule has 0 heterocycles. The quantitative estimate of drug-likeness (QED) is 0.421. The number of methoxy groups -OCH3 is 1. The summed E-state index contributed by atoms with van der Waals surface area (Å²) < 4.78 is 28.0. The van der Waals surface area contributed by atoms with Gasteiger partial charge in [-0.15, -0.1) is 0 Å². The highest BCUT2D eigenvalue weighted by Gasteiger charge is 2.24. The zero-order valence-electron chi connectivity index (χ0n) is 12.6. The molecule has 8 nitrogen and oxygen atoms in total. The van der Waals surface area contributed by atoms with E-state index in [1.165, 1.54) is 11.0 Å². The summed E-state index contributed by atoms with van der Waals surface area (Å²) in [5, 5.41) is 11.0. The molecule has 1 amide bonds. The van der Waals surface area contributed by atoms with Crippen molar-refractivity contribution in [1.29, 1.82) is 0 Å². The maximum absolute atomic E-state index is 12.2. The number of carbonyl (C=O) groups excluding carboxylic acids is 1. The zero-order valence-corrected chi connectivity index (χ0v) is 13.4. The Bertz CT molecular complexity index is 671. The number of nitrogens with zero attached hydrogens (tertiary/aromatic N) is 2. The molecule has 0 aliphatic heterocycles. The van der Waals surface area contributed by atoms with Crippen molar-refractivity contribution in [2.45, 2.75) is 11.3 Å². The van der Waals surface area contributed by atoms with E-state index < -0.39 is 31.3 Å². The van der Waals surface area contributed by atoms with Crippen molar-refractivity contribution in [3.63, 3.8) is 0 Å². The van der Waals surface area contributed by atoms with Crippen LogP contribution in [0.2, 0.25) is 0 Å². The van der Waals surface area contributed by atoms with E-state index in [-0.39, 0.29) is 5.56 Å². The van der Waals surface area contributed by atoms with Crippen LogP contribution in [-0.2, 0) is 14.6 Å². The van der Waals surface area contributed by atoms with E-state index in [1.807, 2.05) is 0 Å². The van der Waals surface area contributed by atoms with Gasteiger partial charge in [-0.25, -0.2) is 8.42 Å². The van der Waals surface area contributed by atoms with Crippen molar-refractivity contribution >= 4 is 21.4 Å². The topological polar surface area (TPSA) is 107 Å². The lowest BCUT2D eigenvalue weighted by Crippen LogP contribution is -2.28. The van der Waals surface area contributed by atoms with Gasteiger partial charge in [0, 0.05) is 45.2 Å². The zero-order chi connectivity index (χ0) is 16.9. The summed E-state index contributed by atoms with van der Waals surface area (Å²) in [6, 6.07) is 3.35. The fourth-order valence-corrected chi connectivity index (χ4v) is 2.70. The summed E-state index contributed by atoms with van der Waals surface area (Å²) in [5.74, 6) is -0.417. The summed E-state index contributed by atoms with van der Waals surface area (Å²) in [7, 11) is -0.627. The largest absolute Gasteiger partial charge is 0.385 e. The van der Waals surface area contributed by atoms with E-state index in [4.69, 9.17) is 4.74 Å². The van der Waals surface area contributed by atoms with Gasteiger partial charge in [-0.1, -0.05) is 0 Å². The first-order valence-electron chi connectivity index (χ1n) is 6.41. The number of carbonyl (C=O) groups is 1. The van der Waals surface area contributed by atoms with Crippen molar-refractivity contribution < 1.29 is 22.9 Å². The molecule has 0 saturated carbocycles. The van der Waals surface area contributed by atoms with Crippen LogP contribution in [0.1, 0.15) is 16.8 Å². The minimum atomic E-state index is -3.74. The molecule has 0 radical (unpaired) electrons. The van der Waals surface area contributed by atoms with E-state index >= 15 is 0 Å². The highest BCUT2D eigenvalue weighted by atomic mass is 32.2. The maximum atomic E-state index is 12.2. The Morgan fingerprint density at radius 1 is 1.41 bits per heavy atom. The molecule has 0 aliphatic carbocycles. The minimum absolute atomic E-state index is 0.0685. The van der Waals surface area contributed by atoms with Crippen molar-refractivity contribution in [1.82, 2.24) is 4.90 Å². The molecule has 0 saturated heterocycles. The smallest absolute Gasteiger partial charge is 0.288 e. The Balaban J connectivity index is 3.09. The van der Waals surface area contributed by atoms with E-state index in [9.17, 15) is 23.3 Å². The van der Waals surface area contributed by atoms with Gasteiger partial charge >= 0.3 is 0 Å². The number of ether oxygens (including phenoxy) is 1. The third-order valence-electron chi connectivity index (χ3n) is 2.99. The molecule has 1 aromatic carbocycles. The SMILES string of the molecule is COCCCN(C)C(=O)c1ccc(S(C)(=O)=O)c([N+](=O)[O-])c1. The molecule has 0 atom stereocenters. The van der Waals surface area contributed by atoms with Crippen LogP contribution in [0.15, 0.2) is 23.1 Å². The van der Waals surface area contributed by atoms with Gasteiger partial charge in [-0.3, -0.25) is 14.9 Å². The van der Waals surface area contributed by atoms with E-state index in [0.717, 1.165) is 18.4 Å². The molecule has 1 aromatic rings. The van der Waals surface area contributed by atoms with Gasteiger partial charge in [0.2, 0.25) is 0 Å². The summed E-state index contributed by atoms with van der Waals surface area (Å²) in [6.07, 6.45) is 1.51. The first kappa shape index (κ1) is 18.1. The van der Waals surface area contributed by atoms with Crippen LogP contribution in [0.4, 0.5) is 5.69 Å². The molecule has 22 heavy (non-hydrogen) atoms. The van der Waals surface area contributed by atoms with Crippen LogP contribution in [0.5, 0.6) is 0 Å². The maximum Gasteiger partial charge on any atom is 0.288 e. The number of hydrogen-bond acceptors (Lipinski definition) is 6. The average Bonchev–Trinajstić information content (AvgIpc) is 2.45. The molecule has 0 aliphatic rings. The standard InChI is InChI=1S/C13H18N2O6S/c1-14(7-4-8-21-2)13(16)10-5-6-12(22(3,19)20)11(9-10)15(17)18/h5-6,9H,4,7-8H2,1-3H3. The number of amides is 1. The van der Waals surface area contributed by atoms with Crippen LogP contribution >= 0.6 is 0 Å². The normalized spacial score (nSPS) is 11.2. The van der Waals surface area contributed by atoms with Crippen molar-refractivity contribution in [2.24, 2.45) is 0 Å². The van der Waals surface area contributed by atoms with E-state index in [2.05, 4.69) is 0 Å². The number of rotatable bonds is 7. The molecular weight excluding hydrogens is 312 g/mol. The molecule has 0 unspecified atom stereocenters. The molecule has 9 heteroatoms. The second-order valence-corrected chi connectivity index (χ2v) is 6.77. The molecule has 0 N–H and O–H groups in total. The van der Waals surface area contributed by atoms with Crippen LogP contribution in [0.25, 0.3) is 0 Å². The number of nitro groups is 1. The lowest BCUT2D eigenvalue weighted by atomic mass is 10.1. The summed E-state index contributed by atoms with van der Waals surface area (Å²) in [6.45, 7) is 0.916. The summed E-state index contributed by atoms with van der Waals surface area (Å²) >= 11 is 0. The fraction of sp³-hybridized carbons (Fsp3) is 0.462. The second-order valence-electron chi connectivity index (χ2n) is 4.78. The lowest BCUT2D eigenvalue weighted by molar-refractivity contribution is -0.387. The first-order valence-corrected chi connectivity index (χ1v) is 8.30. The van der Waals surface area contributed by atoms with E-state index in [0.29, 0.717) is 19.6 Å². The van der Waals surface area contributed by atoms with Crippen LogP contribution in [0, 0.1) is 10.1 Å². The van der Waals surface area contributed by atoms with Crippen molar-refractivity contribution in [3.05, 3.63) is 33.9 Å². The molecule has 0 fully saturated rings. The first-order chi connectivity index (χ1) is 10.2. The van der Waals surface area contributed by atoms with Gasteiger partial charge in [-0.2, -0.15) is 0 Å². The third kappa shape index (κ3) is 4.50. The monoisotopic (exact) mass is 330 g/mol. The third-order valence-corrected chi connectivity index (χ3v) is 4.13. The van der Waals surface area contributed by atoms with Crippen LogP contribution < -0.4 is 0 Å². The lowest BCUT2D eigenvalue weighted by Gasteiger charge is -2.17. The molecule has 0 spiro atoms. The Labute approximate surface area is 128 Å². The molecule has 1 rings (SSSR count). The van der Waals surface area contributed by atoms with Gasteiger partial charge in [0.05, 0.1) is 4.92 Å². The second kappa shape index (κ2) is 7.32. The molecule has 0 aromatic heterocycles. The summed E-state index contributed by atoms with van der Waals surface area (Å²) in [5.41, 5.74) is -0.530. The van der Waals surface area contributed by atoms with Crippen molar-refractivity contribution in [3.8, 4) is 0 Å². The van der Waals surface area contributed by atoms with E-state index in [1.54, 1.807) is 14.2 Å². The molecule has 0 bridgehead atoms. The van der Waals surface area contributed by atoms with Gasteiger partial charge in [0.25, 0.3) is 11.6 Å². The van der Waals surface area contributed by atoms with Gasteiger partial charge in [-0.05, 0) is 18.6 Å². The Morgan fingerprint density at radius 2 is 2.05 bits per heavy atom. The fourth-order valence-electron chi connectivity index (χ4n) is 1.87. The van der Waals surface area contributed by atoms with Crippen LogP contribution in [-0.4, -0.2) is 57.7 Å². The predicted octanol–water partition coefficient (Wildman–Crippen LogP) is 1.11. The number of sulfone groups is 1. The highest BCUT2D eigenvalue weighted by Crippen LogP contribution is 2.25. The van der Waals surface area contributed by atoms with Crippen molar-refractivity contribution in [2.75, 3.05) is 33.6 Å². The average molecular weight is 330 g/mol. The minimum Gasteiger partial charge on any atom is -0.385 e. The molecule has 122 valence electrons.